The molecule has 33 heavy (non-hydrogen) atoms. The van der Waals surface area contributed by atoms with E-state index in [2.05, 4.69) is 11.1 Å². The summed E-state index contributed by atoms with van der Waals surface area (Å²) >= 11 is 1.21. The molecule has 0 saturated carbocycles. The fraction of sp³-hybridized carbons (Fsp3) is 0.250. The van der Waals surface area contributed by atoms with E-state index in [0.717, 1.165) is 30.5 Å². The normalized spacial score (nSPS) is 17.2. The first-order valence-corrected chi connectivity index (χ1v) is 11.2. The van der Waals surface area contributed by atoms with Crippen LogP contribution in [0.25, 0.3) is 0 Å². The van der Waals surface area contributed by atoms with Crippen LogP contribution in [0.4, 0.5) is 4.39 Å². The van der Waals surface area contributed by atoms with Crippen LogP contribution in [0.15, 0.2) is 58.1 Å². The summed E-state index contributed by atoms with van der Waals surface area (Å²) in [7, 11) is 1.20. The number of carbonyl (C=O) groups excluding carboxylic acids is 1. The number of nitrogens with two attached hydrogens (primary N) is 1. The molecule has 2 aliphatic rings. The molecule has 9 heteroatoms. The molecular weight excluding hydrogens is 443 g/mol. The van der Waals surface area contributed by atoms with Crippen molar-refractivity contribution in [3.8, 4) is 12.1 Å². The molecule has 0 saturated heterocycles. The number of allylic oxidation sites excluding steroid dienone is 1. The Morgan fingerprint density at radius 2 is 2.12 bits per heavy atom. The van der Waals surface area contributed by atoms with Crippen LogP contribution < -0.4 is 5.73 Å². The van der Waals surface area contributed by atoms with E-state index < -0.39 is 17.7 Å². The second-order valence-electron chi connectivity index (χ2n) is 7.48. The van der Waals surface area contributed by atoms with Gasteiger partial charge in [-0.15, -0.1) is 0 Å². The Labute approximate surface area is 194 Å². The molecule has 0 amide bonds. The average molecular weight is 463 g/mol. The van der Waals surface area contributed by atoms with Crippen molar-refractivity contribution in [1.29, 1.82) is 10.5 Å². The topological polar surface area (TPSA) is 122 Å². The van der Waals surface area contributed by atoms with E-state index in [4.69, 9.17) is 15.2 Å². The van der Waals surface area contributed by atoms with E-state index in [0.29, 0.717) is 10.6 Å². The van der Waals surface area contributed by atoms with E-state index in [-0.39, 0.29) is 34.1 Å². The van der Waals surface area contributed by atoms with Crippen LogP contribution in [-0.4, -0.2) is 23.8 Å². The number of rotatable bonds is 5. The van der Waals surface area contributed by atoms with Crippen molar-refractivity contribution >= 4 is 17.7 Å². The van der Waals surface area contributed by atoms with Gasteiger partial charge in [0.15, 0.2) is 0 Å². The third kappa shape index (κ3) is 4.15. The van der Waals surface area contributed by atoms with Crippen molar-refractivity contribution in [3.63, 3.8) is 0 Å². The first-order chi connectivity index (χ1) is 16.0. The van der Waals surface area contributed by atoms with Gasteiger partial charge in [0, 0.05) is 11.3 Å². The number of fused-ring (bicyclic) bond motifs is 1. The lowest BCUT2D eigenvalue weighted by molar-refractivity contribution is -0.136. The van der Waals surface area contributed by atoms with Crippen LogP contribution in [0.3, 0.4) is 0 Å². The predicted molar refractivity (Wildman–Crippen MR) is 118 cm³/mol. The number of hydrogen-bond donors (Lipinski definition) is 1. The van der Waals surface area contributed by atoms with Crippen molar-refractivity contribution in [3.05, 3.63) is 81.3 Å². The summed E-state index contributed by atoms with van der Waals surface area (Å²) < 4.78 is 25.3. The Bertz CT molecular complexity index is 1290. The first kappa shape index (κ1) is 22.4. The Kier molecular flexibility index (Phi) is 6.34. The summed E-state index contributed by atoms with van der Waals surface area (Å²) in [4.78, 5) is 17.4. The Morgan fingerprint density at radius 1 is 1.33 bits per heavy atom. The van der Waals surface area contributed by atoms with Gasteiger partial charge < -0.3 is 15.2 Å². The van der Waals surface area contributed by atoms with Gasteiger partial charge in [0.2, 0.25) is 5.88 Å². The number of nitrogens with zero attached hydrogens (tertiary/aromatic N) is 3. The van der Waals surface area contributed by atoms with E-state index in [1.54, 1.807) is 6.07 Å². The quantitative estimate of drug-likeness (QED) is 0.528. The summed E-state index contributed by atoms with van der Waals surface area (Å²) in [6.07, 6.45) is 2.73. The largest absolute Gasteiger partial charge is 0.466 e. The number of benzene rings is 1. The number of pyridine rings is 1. The number of carbonyl (C=O) groups is 1. The second kappa shape index (κ2) is 9.35. The lowest BCUT2D eigenvalue weighted by Gasteiger charge is -2.28. The molecule has 4 rings (SSSR count). The lowest BCUT2D eigenvalue weighted by atomic mass is 9.83. The smallest absolute Gasteiger partial charge is 0.338 e. The molecule has 0 spiro atoms. The van der Waals surface area contributed by atoms with Crippen molar-refractivity contribution < 1.29 is 18.7 Å². The van der Waals surface area contributed by atoms with Crippen LogP contribution in [0, 0.1) is 28.5 Å². The number of aromatic nitrogens is 1. The van der Waals surface area contributed by atoms with E-state index in [1.807, 2.05) is 12.1 Å². The number of nitriles is 2. The standard InChI is InChI=1S/C24H19FN4O3S/c1-31-24(30)21-19(12-33-23-14(10-26)9-13-5-4-8-18(13)29-23)32-22(28)16(11-27)20(21)15-6-2-3-7-17(15)25/h2-3,6-7,9,20H,4-5,8,12,28H2,1H3/t20-/m1/s1. The molecule has 2 heterocycles. The van der Waals surface area contributed by atoms with Crippen LogP contribution >= 0.6 is 11.8 Å². The zero-order valence-corrected chi connectivity index (χ0v) is 18.5. The maximum atomic E-state index is 14.7. The van der Waals surface area contributed by atoms with E-state index in [9.17, 15) is 19.7 Å². The number of hydrogen-bond acceptors (Lipinski definition) is 8. The molecule has 0 unspecified atom stereocenters. The minimum Gasteiger partial charge on any atom is -0.466 e. The molecule has 1 aliphatic carbocycles. The lowest BCUT2D eigenvalue weighted by Crippen LogP contribution is -2.27. The molecule has 1 aromatic heterocycles. The van der Waals surface area contributed by atoms with Gasteiger partial charge in [-0.25, -0.2) is 14.2 Å². The zero-order chi connectivity index (χ0) is 23.5. The number of aryl methyl sites for hydroxylation is 2. The highest BCUT2D eigenvalue weighted by atomic mass is 32.2. The zero-order valence-electron chi connectivity index (χ0n) is 17.7. The second-order valence-corrected chi connectivity index (χ2v) is 8.44. The SMILES string of the molecule is COC(=O)C1=C(CSc2nc3c(cc2C#N)CCC3)OC(N)=C(C#N)[C@H]1c1ccccc1F. The highest BCUT2D eigenvalue weighted by molar-refractivity contribution is 7.99. The monoisotopic (exact) mass is 462 g/mol. The van der Waals surface area contributed by atoms with Crippen molar-refractivity contribution in [2.45, 2.75) is 30.2 Å². The van der Waals surface area contributed by atoms with Gasteiger partial charge in [-0.05, 0) is 37.0 Å². The fourth-order valence-electron chi connectivity index (χ4n) is 4.06. The van der Waals surface area contributed by atoms with Crippen molar-refractivity contribution in [1.82, 2.24) is 4.98 Å². The van der Waals surface area contributed by atoms with Gasteiger partial charge in [0.05, 0.1) is 29.9 Å². The summed E-state index contributed by atoms with van der Waals surface area (Å²) in [6, 6.07) is 11.8. The summed E-state index contributed by atoms with van der Waals surface area (Å²) in [6.45, 7) is 0. The molecule has 2 aromatic rings. The maximum Gasteiger partial charge on any atom is 0.338 e. The minimum atomic E-state index is -1.09. The van der Waals surface area contributed by atoms with Gasteiger partial charge in [-0.1, -0.05) is 30.0 Å². The molecule has 0 fully saturated rings. The molecule has 0 bridgehead atoms. The fourth-order valence-corrected chi connectivity index (χ4v) is 4.97. The van der Waals surface area contributed by atoms with Crippen LogP contribution in [0.2, 0.25) is 0 Å². The highest BCUT2D eigenvalue weighted by Crippen LogP contribution is 2.42. The highest BCUT2D eigenvalue weighted by Gasteiger charge is 2.38. The molecule has 1 aliphatic heterocycles. The average Bonchev–Trinajstić information content (AvgIpc) is 3.28. The first-order valence-electron chi connectivity index (χ1n) is 10.2. The molecule has 1 atom stereocenters. The van der Waals surface area contributed by atoms with Gasteiger partial charge in [-0.2, -0.15) is 10.5 Å². The number of ether oxygens (including phenoxy) is 2. The van der Waals surface area contributed by atoms with Gasteiger partial charge >= 0.3 is 5.97 Å². The van der Waals surface area contributed by atoms with Crippen molar-refractivity contribution in [2.24, 2.45) is 5.73 Å². The summed E-state index contributed by atoms with van der Waals surface area (Å²) in [5.41, 5.74) is 8.49. The summed E-state index contributed by atoms with van der Waals surface area (Å²) in [5.74, 6) is -2.45. The summed E-state index contributed by atoms with van der Waals surface area (Å²) in [5, 5.41) is 19.8. The van der Waals surface area contributed by atoms with Crippen molar-refractivity contribution in [2.75, 3.05) is 12.9 Å². The number of thioether (sulfide) groups is 1. The molecule has 2 N–H and O–H groups in total. The van der Waals surface area contributed by atoms with Gasteiger partial charge in [-0.3, -0.25) is 0 Å². The Balaban J connectivity index is 1.77. The number of methoxy groups -OCH3 is 1. The Hall–Kier alpha value is -3.82. The van der Waals surface area contributed by atoms with Crippen LogP contribution in [0.1, 0.15) is 34.7 Å². The van der Waals surface area contributed by atoms with Crippen LogP contribution in [0.5, 0.6) is 0 Å². The third-order valence-electron chi connectivity index (χ3n) is 5.59. The molecular formula is C24H19FN4O3S. The van der Waals surface area contributed by atoms with Gasteiger partial charge in [0.25, 0.3) is 0 Å². The molecule has 166 valence electrons. The number of halogens is 1. The predicted octanol–water partition coefficient (Wildman–Crippen LogP) is 3.61. The van der Waals surface area contributed by atoms with E-state index >= 15 is 0 Å². The molecule has 0 radical (unpaired) electrons. The molecule has 7 nitrogen and oxygen atoms in total. The maximum absolute atomic E-state index is 14.7. The van der Waals surface area contributed by atoms with Crippen LogP contribution in [-0.2, 0) is 27.1 Å². The van der Waals surface area contributed by atoms with Gasteiger partial charge in [0.1, 0.15) is 34.3 Å². The third-order valence-corrected chi connectivity index (χ3v) is 6.59. The minimum absolute atomic E-state index is 0.0134. The number of esters is 1. The molecule has 1 aromatic carbocycles. The van der Waals surface area contributed by atoms with E-state index in [1.165, 1.54) is 37.1 Å². The Morgan fingerprint density at radius 3 is 2.82 bits per heavy atom.